The molecule has 0 fully saturated rings. The molecular formula is C13H13N3OS. The zero-order valence-corrected chi connectivity index (χ0v) is 11.0. The summed E-state index contributed by atoms with van der Waals surface area (Å²) >= 11 is 1.59. The predicted octanol–water partition coefficient (Wildman–Crippen LogP) is 2.61. The van der Waals surface area contributed by atoms with Crippen molar-refractivity contribution in [2.45, 2.75) is 13.8 Å². The Balaban J connectivity index is 2.04. The summed E-state index contributed by atoms with van der Waals surface area (Å²) in [7, 11) is 0. The topological polar surface area (TPSA) is 54.4 Å². The average molecular weight is 259 g/mol. The highest BCUT2D eigenvalue weighted by Crippen LogP contribution is 2.09. The summed E-state index contributed by atoms with van der Waals surface area (Å²) in [5, 5.41) is 6.04. The van der Waals surface area contributed by atoms with Crippen LogP contribution in [0, 0.1) is 6.92 Å². The monoisotopic (exact) mass is 259 g/mol. The molecule has 0 unspecified atom stereocenters. The molecule has 0 aliphatic rings. The number of nitrogens with zero attached hydrogens (tertiary/aromatic N) is 2. The summed E-state index contributed by atoms with van der Waals surface area (Å²) in [4.78, 5) is 16.9. The highest BCUT2D eigenvalue weighted by atomic mass is 32.1. The summed E-state index contributed by atoms with van der Waals surface area (Å²) < 4.78 is 0. The van der Waals surface area contributed by atoms with E-state index in [4.69, 9.17) is 0 Å². The van der Waals surface area contributed by atoms with Gasteiger partial charge in [0.25, 0.3) is 5.91 Å². The molecule has 2 aromatic heterocycles. The van der Waals surface area contributed by atoms with Crippen molar-refractivity contribution in [3.05, 3.63) is 52.0 Å². The van der Waals surface area contributed by atoms with E-state index in [1.165, 1.54) is 0 Å². The van der Waals surface area contributed by atoms with Gasteiger partial charge in [0, 0.05) is 16.8 Å². The van der Waals surface area contributed by atoms with E-state index in [9.17, 15) is 4.79 Å². The minimum Gasteiger partial charge on any atom is -0.267 e. The van der Waals surface area contributed by atoms with Gasteiger partial charge in [0.1, 0.15) is 0 Å². The van der Waals surface area contributed by atoms with Crippen molar-refractivity contribution in [3.63, 3.8) is 0 Å². The second-order valence-electron chi connectivity index (χ2n) is 3.80. The van der Waals surface area contributed by atoms with Crippen molar-refractivity contribution in [1.82, 2.24) is 10.4 Å². The lowest BCUT2D eigenvalue weighted by atomic mass is 10.2. The summed E-state index contributed by atoms with van der Waals surface area (Å²) in [5.74, 6) is -0.251. The number of nitrogens with one attached hydrogen (secondary N) is 1. The van der Waals surface area contributed by atoms with Gasteiger partial charge in [-0.3, -0.25) is 9.78 Å². The molecule has 92 valence electrons. The number of aryl methyl sites for hydroxylation is 1. The van der Waals surface area contributed by atoms with Crippen molar-refractivity contribution in [3.8, 4) is 0 Å². The Labute approximate surface area is 109 Å². The smallest absolute Gasteiger partial charge is 0.267 e. The van der Waals surface area contributed by atoms with Crippen molar-refractivity contribution in [2.75, 3.05) is 0 Å². The van der Waals surface area contributed by atoms with E-state index in [1.807, 2.05) is 31.4 Å². The number of hydrazone groups is 1. The number of rotatable bonds is 3. The van der Waals surface area contributed by atoms with Crippen LogP contribution < -0.4 is 5.43 Å². The molecule has 18 heavy (non-hydrogen) atoms. The average Bonchev–Trinajstić information content (AvgIpc) is 2.90. The molecule has 0 aliphatic carbocycles. The number of carbonyl (C=O) groups is 1. The van der Waals surface area contributed by atoms with E-state index in [-0.39, 0.29) is 5.91 Å². The van der Waals surface area contributed by atoms with Crippen molar-refractivity contribution >= 4 is 23.0 Å². The van der Waals surface area contributed by atoms with Gasteiger partial charge >= 0.3 is 0 Å². The Hall–Kier alpha value is -2.01. The van der Waals surface area contributed by atoms with Crippen LogP contribution in [0.4, 0.5) is 0 Å². The second-order valence-corrected chi connectivity index (χ2v) is 4.75. The first-order valence-electron chi connectivity index (χ1n) is 5.48. The standard InChI is InChI=1S/C13H13N3OS/c1-9-5-6-11(8-14-9)13(17)16-15-10(2)12-4-3-7-18-12/h3-8H,1-2H3,(H,16,17). The number of thiophene rings is 1. The third-order valence-electron chi connectivity index (χ3n) is 2.38. The van der Waals surface area contributed by atoms with Crippen molar-refractivity contribution in [2.24, 2.45) is 5.10 Å². The van der Waals surface area contributed by atoms with Crippen LogP contribution in [0.3, 0.4) is 0 Å². The van der Waals surface area contributed by atoms with Gasteiger partial charge < -0.3 is 0 Å². The zero-order valence-electron chi connectivity index (χ0n) is 10.2. The third-order valence-corrected chi connectivity index (χ3v) is 3.36. The maximum absolute atomic E-state index is 11.8. The number of aromatic nitrogens is 1. The fourth-order valence-electron chi connectivity index (χ4n) is 1.34. The SMILES string of the molecule is CC(=NNC(=O)c1ccc(C)nc1)c1cccs1. The molecule has 2 aromatic rings. The molecule has 2 heterocycles. The summed E-state index contributed by atoms with van der Waals surface area (Å²) in [6.07, 6.45) is 1.54. The van der Waals surface area contributed by atoms with Crippen LogP contribution in [0.2, 0.25) is 0 Å². The number of hydrogen-bond donors (Lipinski definition) is 1. The Morgan fingerprint density at radius 1 is 1.39 bits per heavy atom. The lowest BCUT2D eigenvalue weighted by Crippen LogP contribution is -2.19. The highest BCUT2D eigenvalue weighted by Gasteiger charge is 2.05. The summed E-state index contributed by atoms with van der Waals surface area (Å²) in [5.41, 5.74) is 4.69. The maximum Gasteiger partial charge on any atom is 0.272 e. The number of hydrogen-bond acceptors (Lipinski definition) is 4. The fraction of sp³-hybridized carbons (Fsp3) is 0.154. The van der Waals surface area contributed by atoms with Crippen LogP contribution in [0.1, 0.15) is 27.9 Å². The van der Waals surface area contributed by atoms with E-state index in [0.717, 1.165) is 16.3 Å². The van der Waals surface area contributed by atoms with Gasteiger partial charge in [0.15, 0.2) is 0 Å². The number of pyridine rings is 1. The molecule has 5 heteroatoms. The van der Waals surface area contributed by atoms with E-state index >= 15 is 0 Å². The predicted molar refractivity (Wildman–Crippen MR) is 73.0 cm³/mol. The quantitative estimate of drug-likeness (QED) is 0.680. The molecule has 0 bridgehead atoms. The number of carbonyl (C=O) groups excluding carboxylic acids is 1. The van der Waals surface area contributed by atoms with Crippen LogP contribution in [-0.4, -0.2) is 16.6 Å². The van der Waals surface area contributed by atoms with Gasteiger partial charge in [0.2, 0.25) is 0 Å². The molecule has 1 amide bonds. The van der Waals surface area contributed by atoms with Crippen LogP contribution in [0.5, 0.6) is 0 Å². The maximum atomic E-state index is 11.8. The van der Waals surface area contributed by atoms with E-state index < -0.39 is 0 Å². The lowest BCUT2D eigenvalue weighted by Gasteiger charge is -2.01. The van der Waals surface area contributed by atoms with Gasteiger partial charge in [-0.05, 0) is 37.4 Å². The molecule has 2 rings (SSSR count). The Bertz CT molecular complexity index is 558. The van der Waals surface area contributed by atoms with Gasteiger partial charge in [-0.15, -0.1) is 11.3 Å². The molecule has 4 nitrogen and oxygen atoms in total. The molecule has 1 N–H and O–H groups in total. The van der Waals surface area contributed by atoms with Crippen molar-refractivity contribution < 1.29 is 4.79 Å². The van der Waals surface area contributed by atoms with Gasteiger partial charge in [-0.1, -0.05) is 6.07 Å². The van der Waals surface area contributed by atoms with Crippen LogP contribution >= 0.6 is 11.3 Å². The summed E-state index contributed by atoms with van der Waals surface area (Å²) in [6, 6.07) is 7.44. The van der Waals surface area contributed by atoms with E-state index in [1.54, 1.807) is 29.7 Å². The normalized spacial score (nSPS) is 11.3. The fourth-order valence-corrected chi connectivity index (χ4v) is 2.02. The molecule has 0 spiro atoms. The zero-order chi connectivity index (χ0) is 13.0. The van der Waals surface area contributed by atoms with Gasteiger partial charge in [-0.25, -0.2) is 5.43 Å². The molecule has 0 radical (unpaired) electrons. The molecule has 0 saturated heterocycles. The first-order chi connectivity index (χ1) is 8.66. The first-order valence-corrected chi connectivity index (χ1v) is 6.36. The van der Waals surface area contributed by atoms with Crippen LogP contribution in [0.15, 0.2) is 40.9 Å². The van der Waals surface area contributed by atoms with E-state index in [0.29, 0.717) is 5.56 Å². The Morgan fingerprint density at radius 3 is 2.83 bits per heavy atom. The molecule has 0 atom stereocenters. The van der Waals surface area contributed by atoms with Crippen molar-refractivity contribution in [1.29, 1.82) is 0 Å². The molecule has 0 aliphatic heterocycles. The largest absolute Gasteiger partial charge is 0.272 e. The third kappa shape index (κ3) is 3.01. The second kappa shape index (κ2) is 5.55. The molecule has 0 saturated carbocycles. The minimum atomic E-state index is -0.251. The first kappa shape index (κ1) is 12.4. The lowest BCUT2D eigenvalue weighted by molar-refractivity contribution is 0.0954. The van der Waals surface area contributed by atoms with E-state index in [2.05, 4.69) is 15.5 Å². The van der Waals surface area contributed by atoms with Crippen LogP contribution in [-0.2, 0) is 0 Å². The molecule has 0 aromatic carbocycles. The summed E-state index contributed by atoms with van der Waals surface area (Å²) in [6.45, 7) is 3.74. The number of amides is 1. The van der Waals surface area contributed by atoms with Crippen LogP contribution in [0.25, 0.3) is 0 Å². The molecular weight excluding hydrogens is 246 g/mol. The van der Waals surface area contributed by atoms with Gasteiger partial charge in [0.05, 0.1) is 11.3 Å². The minimum absolute atomic E-state index is 0.251. The highest BCUT2D eigenvalue weighted by molar-refractivity contribution is 7.12. The van der Waals surface area contributed by atoms with Gasteiger partial charge in [-0.2, -0.15) is 5.10 Å². The Morgan fingerprint density at radius 2 is 2.22 bits per heavy atom. The Kier molecular flexibility index (Phi) is 3.84.